The van der Waals surface area contributed by atoms with Gasteiger partial charge in [-0.2, -0.15) is 0 Å². The van der Waals surface area contributed by atoms with Gasteiger partial charge in [0.2, 0.25) is 11.8 Å². The molecule has 0 aliphatic carbocycles. The summed E-state index contributed by atoms with van der Waals surface area (Å²) in [5.41, 5.74) is 5.66. The topological polar surface area (TPSA) is 80.5 Å². The monoisotopic (exact) mass is 212 g/mol. The van der Waals surface area contributed by atoms with Gasteiger partial charge in [0.1, 0.15) is 5.92 Å². The van der Waals surface area contributed by atoms with Crippen molar-refractivity contribution in [1.82, 2.24) is 4.90 Å². The predicted molar refractivity (Wildman–Crippen MR) is 53.7 cm³/mol. The van der Waals surface area contributed by atoms with Gasteiger partial charge < -0.3 is 5.73 Å². The summed E-state index contributed by atoms with van der Waals surface area (Å²) in [6.45, 7) is 3.63. The molecule has 0 radical (unpaired) electrons. The number of hydrogen-bond donors (Lipinski definition) is 1. The van der Waals surface area contributed by atoms with E-state index in [4.69, 9.17) is 5.73 Å². The molecule has 2 unspecified atom stereocenters. The molecule has 0 saturated carbocycles. The fraction of sp³-hybridized carbons (Fsp3) is 0.700. The minimum absolute atomic E-state index is 0.0219. The highest BCUT2D eigenvalue weighted by Gasteiger charge is 2.42. The summed E-state index contributed by atoms with van der Waals surface area (Å²) in [6.07, 6.45) is -0.0331. The quantitative estimate of drug-likeness (QED) is 0.507. The zero-order valence-electron chi connectivity index (χ0n) is 9.19. The van der Waals surface area contributed by atoms with E-state index in [0.29, 0.717) is 0 Å². The fourth-order valence-electron chi connectivity index (χ4n) is 1.54. The van der Waals surface area contributed by atoms with E-state index < -0.39 is 17.9 Å². The van der Waals surface area contributed by atoms with E-state index in [0.717, 1.165) is 4.90 Å². The molecular weight excluding hydrogens is 196 g/mol. The molecule has 84 valence electrons. The maximum absolute atomic E-state index is 11.8. The average molecular weight is 212 g/mol. The second-order valence-electron chi connectivity index (χ2n) is 4.22. The van der Waals surface area contributed by atoms with Gasteiger partial charge in [-0.15, -0.1) is 0 Å². The van der Waals surface area contributed by atoms with Crippen molar-refractivity contribution < 1.29 is 14.4 Å². The first kappa shape index (κ1) is 11.8. The zero-order valence-corrected chi connectivity index (χ0v) is 9.19. The maximum atomic E-state index is 11.8. The van der Waals surface area contributed by atoms with Crippen molar-refractivity contribution in [3.05, 3.63) is 0 Å². The first-order valence-electron chi connectivity index (χ1n) is 4.96. The Hall–Kier alpha value is -1.23. The third kappa shape index (κ3) is 2.07. The van der Waals surface area contributed by atoms with Gasteiger partial charge in [-0.25, -0.2) is 0 Å². The van der Waals surface area contributed by atoms with Crippen molar-refractivity contribution in [2.75, 3.05) is 7.05 Å². The first-order valence-corrected chi connectivity index (χ1v) is 4.96. The van der Waals surface area contributed by atoms with Crippen LogP contribution in [-0.2, 0) is 14.4 Å². The molecule has 1 aliphatic heterocycles. The van der Waals surface area contributed by atoms with Crippen LogP contribution in [0.15, 0.2) is 0 Å². The van der Waals surface area contributed by atoms with Crippen LogP contribution in [0.4, 0.5) is 0 Å². The van der Waals surface area contributed by atoms with Crippen LogP contribution in [0, 0.1) is 11.8 Å². The van der Waals surface area contributed by atoms with Crippen molar-refractivity contribution >= 4 is 17.6 Å². The Morgan fingerprint density at radius 3 is 2.33 bits per heavy atom. The SMILES string of the molecule is CC(C)C(N)C(=O)C1CC(=O)N(C)C1=O. The molecule has 1 saturated heterocycles. The molecule has 0 aromatic heterocycles. The number of hydrogen-bond acceptors (Lipinski definition) is 4. The van der Waals surface area contributed by atoms with Crippen molar-refractivity contribution in [2.24, 2.45) is 17.6 Å². The van der Waals surface area contributed by atoms with Crippen LogP contribution >= 0.6 is 0 Å². The normalized spacial score (nSPS) is 23.8. The van der Waals surface area contributed by atoms with Gasteiger partial charge in [-0.1, -0.05) is 13.8 Å². The Balaban J connectivity index is 2.79. The first-order chi connectivity index (χ1) is 6.86. The minimum atomic E-state index is -0.861. The summed E-state index contributed by atoms with van der Waals surface area (Å²) in [6, 6.07) is -0.668. The third-order valence-corrected chi connectivity index (χ3v) is 2.77. The molecule has 0 bridgehead atoms. The van der Waals surface area contributed by atoms with Gasteiger partial charge in [0.15, 0.2) is 5.78 Å². The van der Waals surface area contributed by atoms with Crippen molar-refractivity contribution in [3.63, 3.8) is 0 Å². The van der Waals surface area contributed by atoms with Gasteiger partial charge >= 0.3 is 0 Å². The standard InChI is InChI=1S/C10H16N2O3/c1-5(2)8(11)9(14)6-4-7(13)12(3)10(6)15/h5-6,8H,4,11H2,1-3H3. The summed E-state index contributed by atoms with van der Waals surface area (Å²) >= 11 is 0. The Labute approximate surface area is 88.6 Å². The van der Waals surface area contributed by atoms with Crippen LogP contribution in [-0.4, -0.2) is 35.6 Å². The number of likely N-dealkylation sites (tertiary alicyclic amines) is 1. The van der Waals surface area contributed by atoms with E-state index in [1.54, 1.807) is 0 Å². The Morgan fingerprint density at radius 2 is 2.00 bits per heavy atom. The van der Waals surface area contributed by atoms with Crippen molar-refractivity contribution in [3.8, 4) is 0 Å². The van der Waals surface area contributed by atoms with Crippen molar-refractivity contribution in [2.45, 2.75) is 26.3 Å². The summed E-state index contributed by atoms with van der Waals surface area (Å²) < 4.78 is 0. The second kappa shape index (κ2) is 4.10. The Morgan fingerprint density at radius 1 is 1.47 bits per heavy atom. The van der Waals surface area contributed by atoms with Crippen LogP contribution < -0.4 is 5.73 Å². The van der Waals surface area contributed by atoms with Crippen LogP contribution in [0.3, 0.4) is 0 Å². The van der Waals surface area contributed by atoms with Gasteiger partial charge in [0.25, 0.3) is 0 Å². The predicted octanol–water partition coefficient (Wildman–Crippen LogP) is -0.456. The summed E-state index contributed by atoms with van der Waals surface area (Å²) in [5, 5.41) is 0. The molecule has 2 atom stereocenters. The van der Waals surface area contributed by atoms with E-state index in [1.807, 2.05) is 13.8 Å². The lowest BCUT2D eigenvalue weighted by Crippen LogP contribution is -2.42. The van der Waals surface area contributed by atoms with Crippen LogP contribution in [0.1, 0.15) is 20.3 Å². The van der Waals surface area contributed by atoms with Gasteiger partial charge in [0, 0.05) is 13.5 Å². The number of carbonyl (C=O) groups excluding carboxylic acids is 3. The van der Waals surface area contributed by atoms with E-state index in [2.05, 4.69) is 0 Å². The Bertz CT molecular complexity index is 312. The summed E-state index contributed by atoms with van der Waals surface area (Å²) in [7, 11) is 1.39. The molecule has 2 amide bonds. The molecule has 2 N–H and O–H groups in total. The lowest BCUT2D eigenvalue weighted by molar-refractivity contribution is -0.139. The number of ketones is 1. The van der Waals surface area contributed by atoms with Gasteiger partial charge in [-0.3, -0.25) is 19.3 Å². The van der Waals surface area contributed by atoms with Gasteiger partial charge in [0.05, 0.1) is 6.04 Å². The van der Waals surface area contributed by atoms with E-state index >= 15 is 0 Å². The average Bonchev–Trinajstić information content (AvgIpc) is 2.43. The fourth-order valence-corrected chi connectivity index (χ4v) is 1.54. The molecule has 0 aromatic rings. The van der Waals surface area contributed by atoms with Crippen LogP contribution in [0.5, 0.6) is 0 Å². The number of nitrogens with two attached hydrogens (primary N) is 1. The number of rotatable bonds is 3. The Kier molecular flexibility index (Phi) is 3.24. The molecule has 5 heteroatoms. The number of Topliss-reactive ketones (excluding diaryl/α,β-unsaturated/α-hetero) is 1. The molecular formula is C10H16N2O3. The highest BCUT2D eigenvalue weighted by atomic mass is 16.2. The maximum Gasteiger partial charge on any atom is 0.240 e. The second-order valence-corrected chi connectivity index (χ2v) is 4.22. The van der Waals surface area contributed by atoms with E-state index in [1.165, 1.54) is 7.05 Å². The third-order valence-electron chi connectivity index (χ3n) is 2.77. The molecule has 15 heavy (non-hydrogen) atoms. The number of amides is 2. The van der Waals surface area contributed by atoms with Gasteiger partial charge in [-0.05, 0) is 5.92 Å². The highest BCUT2D eigenvalue weighted by Crippen LogP contribution is 2.21. The molecule has 5 nitrogen and oxygen atoms in total. The van der Waals surface area contributed by atoms with Crippen LogP contribution in [0.2, 0.25) is 0 Å². The summed E-state index contributed by atoms with van der Waals surface area (Å²) in [4.78, 5) is 35.5. The van der Waals surface area contributed by atoms with Crippen molar-refractivity contribution in [1.29, 1.82) is 0 Å². The smallest absolute Gasteiger partial charge is 0.240 e. The molecule has 1 fully saturated rings. The molecule has 0 spiro atoms. The van der Waals surface area contributed by atoms with E-state index in [9.17, 15) is 14.4 Å². The minimum Gasteiger partial charge on any atom is -0.321 e. The van der Waals surface area contributed by atoms with E-state index in [-0.39, 0.29) is 24.0 Å². The van der Waals surface area contributed by atoms with Crippen LogP contribution in [0.25, 0.3) is 0 Å². The molecule has 1 rings (SSSR count). The molecule has 0 aromatic carbocycles. The molecule has 1 aliphatic rings. The molecule has 1 heterocycles. The highest BCUT2D eigenvalue weighted by molar-refractivity contribution is 6.15. The lowest BCUT2D eigenvalue weighted by Gasteiger charge is -2.17. The number of carbonyl (C=O) groups is 3. The largest absolute Gasteiger partial charge is 0.321 e. The number of nitrogens with zero attached hydrogens (tertiary/aromatic N) is 1. The number of imide groups is 1. The summed E-state index contributed by atoms with van der Waals surface area (Å²) in [5.74, 6) is -1.95. The lowest BCUT2D eigenvalue weighted by atomic mass is 9.91. The zero-order chi connectivity index (χ0) is 11.7.